The van der Waals surface area contributed by atoms with Crippen molar-refractivity contribution in [3.8, 4) is 5.75 Å². The molecule has 1 aromatic carbocycles. The number of hydrogen-bond acceptors (Lipinski definition) is 7. The maximum atomic E-state index is 12.6. The number of rotatable bonds is 7. The molecule has 2 amide bonds. The zero-order valence-corrected chi connectivity index (χ0v) is 17.2. The van der Waals surface area contributed by atoms with Crippen molar-refractivity contribution in [2.75, 3.05) is 39.0 Å². The lowest BCUT2D eigenvalue weighted by Crippen LogP contribution is -2.51. The van der Waals surface area contributed by atoms with Crippen LogP contribution in [0, 0.1) is 0 Å². The Kier molecular flexibility index (Phi) is 5.98. The van der Waals surface area contributed by atoms with E-state index < -0.39 is 0 Å². The second-order valence-electron chi connectivity index (χ2n) is 7.22. The normalized spacial score (nSPS) is 16.7. The van der Waals surface area contributed by atoms with Crippen LogP contribution in [0.3, 0.4) is 0 Å². The lowest BCUT2D eigenvalue weighted by atomic mass is 10.1. The third kappa shape index (κ3) is 4.87. The quantitative estimate of drug-likeness (QED) is 0.622. The summed E-state index contributed by atoms with van der Waals surface area (Å²) in [5.41, 5.74) is 0.928. The molecule has 0 spiro atoms. The number of thioether (sulfide) groups is 1. The molecule has 4 rings (SSSR count). The van der Waals surface area contributed by atoms with E-state index in [1.54, 1.807) is 7.11 Å². The third-order valence-corrected chi connectivity index (χ3v) is 6.07. The van der Waals surface area contributed by atoms with Crippen molar-refractivity contribution >= 4 is 23.6 Å². The average Bonchev–Trinajstić information content (AvgIpc) is 3.49. The first-order valence-electron chi connectivity index (χ1n) is 9.73. The second kappa shape index (κ2) is 8.81. The summed E-state index contributed by atoms with van der Waals surface area (Å²) in [6.45, 7) is 2.21. The molecule has 1 saturated carbocycles. The largest absolute Gasteiger partial charge is 0.497 e. The highest BCUT2D eigenvalue weighted by atomic mass is 32.2. The van der Waals surface area contributed by atoms with E-state index in [0.717, 1.165) is 24.2 Å². The molecule has 9 nitrogen and oxygen atoms in total. The molecule has 10 heteroatoms. The van der Waals surface area contributed by atoms with E-state index in [1.807, 2.05) is 38.7 Å². The molecule has 29 heavy (non-hydrogen) atoms. The molecule has 1 aromatic heterocycles. The van der Waals surface area contributed by atoms with E-state index in [1.165, 1.54) is 11.8 Å². The molecule has 154 valence electrons. The van der Waals surface area contributed by atoms with Crippen LogP contribution in [-0.2, 0) is 16.0 Å². The molecule has 0 radical (unpaired) electrons. The number of carbonyl (C=O) groups excluding carboxylic acids is 2. The number of aromatic nitrogens is 4. The molecule has 1 aliphatic carbocycles. The second-order valence-corrected chi connectivity index (χ2v) is 8.16. The molecule has 1 aliphatic heterocycles. The van der Waals surface area contributed by atoms with E-state index in [9.17, 15) is 9.59 Å². The summed E-state index contributed by atoms with van der Waals surface area (Å²) in [6.07, 6.45) is 2.53. The Labute approximate surface area is 173 Å². The molecule has 0 bridgehead atoms. The SMILES string of the molecule is COc1cccc(CC(=O)N2CCN(C(=O)CSc3nnnn3C3CC3)CC2)c1. The molecule has 0 N–H and O–H groups in total. The maximum absolute atomic E-state index is 12.6. The standard InChI is InChI=1S/C19H24N6O3S/c1-28-16-4-2-3-14(11-16)12-17(26)23-7-9-24(10-8-23)18(27)13-29-19-20-21-22-25(19)15-5-6-15/h2-4,11,15H,5-10,12-13H2,1H3. The highest BCUT2D eigenvalue weighted by molar-refractivity contribution is 7.99. The number of hydrogen-bond donors (Lipinski definition) is 0. The Bertz CT molecular complexity index is 876. The summed E-state index contributed by atoms with van der Waals surface area (Å²) >= 11 is 1.38. The summed E-state index contributed by atoms with van der Waals surface area (Å²) in [6, 6.07) is 7.94. The van der Waals surface area contributed by atoms with Crippen LogP contribution in [0.5, 0.6) is 5.75 Å². The highest BCUT2D eigenvalue weighted by Gasteiger charge is 2.29. The number of ether oxygens (including phenoxy) is 1. The molecular formula is C19H24N6O3S. The molecule has 2 aromatic rings. The van der Waals surface area contributed by atoms with Gasteiger partial charge in [-0.25, -0.2) is 4.68 Å². The lowest BCUT2D eigenvalue weighted by Gasteiger charge is -2.34. The van der Waals surface area contributed by atoms with Gasteiger partial charge in [-0.3, -0.25) is 9.59 Å². The summed E-state index contributed by atoms with van der Waals surface area (Å²) in [7, 11) is 1.61. The zero-order valence-electron chi connectivity index (χ0n) is 16.4. The molecule has 2 aliphatic rings. The van der Waals surface area contributed by atoms with Crippen molar-refractivity contribution in [2.45, 2.75) is 30.5 Å². The van der Waals surface area contributed by atoms with Crippen molar-refractivity contribution in [3.63, 3.8) is 0 Å². The van der Waals surface area contributed by atoms with Crippen LogP contribution < -0.4 is 4.74 Å². The number of tetrazole rings is 1. The van der Waals surface area contributed by atoms with Crippen LogP contribution in [0.4, 0.5) is 0 Å². The predicted octanol–water partition coefficient (Wildman–Crippen LogP) is 1.02. The third-order valence-electron chi connectivity index (χ3n) is 5.15. The van der Waals surface area contributed by atoms with Crippen LogP contribution in [0.1, 0.15) is 24.4 Å². The van der Waals surface area contributed by atoms with Gasteiger partial charge < -0.3 is 14.5 Å². The van der Waals surface area contributed by atoms with Crippen molar-refractivity contribution in [2.24, 2.45) is 0 Å². The van der Waals surface area contributed by atoms with Gasteiger partial charge in [0, 0.05) is 26.2 Å². The van der Waals surface area contributed by atoms with Crippen LogP contribution >= 0.6 is 11.8 Å². The highest BCUT2D eigenvalue weighted by Crippen LogP contribution is 2.36. The Morgan fingerprint density at radius 2 is 1.86 bits per heavy atom. The fourth-order valence-corrected chi connectivity index (χ4v) is 4.17. The van der Waals surface area contributed by atoms with Gasteiger partial charge in [0.25, 0.3) is 0 Å². The van der Waals surface area contributed by atoms with Crippen LogP contribution in [-0.4, -0.2) is 80.9 Å². The van der Waals surface area contributed by atoms with Crippen LogP contribution in [0.15, 0.2) is 29.4 Å². The summed E-state index contributed by atoms with van der Waals surface area (Å²) < 4.78 is 7.02. The van der Waals surface area contributed by atoms with Crippen LogP contribution in [0.25, 0.3) is 0 Å². The molecular weight excluding hydrogens is 392 g/mol. The fourth-order valence-electron chi connectivity index (χ4n) is 3.32. The Balaban J connectivity index is 1.23. The van der Waals surface area contributed by atoms with Gasteiger partial charge in [0.1, 0.15) is 5.75 Å². The monoisotopic (exact) mass is 416 g/mol. The van der Waals surface area contributed by atoms with Crippen molar-refractivity contribution < 1.29 is 14.3 Å². The molecule has 0 unspecified atom stereocenters. The van der Waals surface area contributed by atoms with Crippen molar-refractivity contribution in [1.29, 1.82) is 0 Å². The summed E-state index contributed by atoms with van der Waals surface area (Å²) in [4.78, 5) is 28.8. The van der Waals surface area contributed by atoms with Gasteiger partial charge in [-0.05, 0) is 41.0 Å². The van der Waals surface area contributed by atoms with Gasteiger partial charge >= 0.3 is 0 Å². The Morgan fingerprint density at radius 3 is 2.55 bits per heavy atom. The smallest absolute Gasteiger partial charge is 0.233 e. The van der Waals surface area contributed by atoms with Crippen molar-refractivity contribution in [1.82, 2.24) is 30.0 Å². The Hall–Kier alpha value is -2.62. The number of carbonyl (C=O) groups is 2. The van der Waals surface area contributed by atoms with E-state index >= 15 is 0 Å². The van der Waals surface area contributed by atoms with Gasteiger partial charge in [0.2, 0.25) is 17.0 Å². The number of benzene rings is 1. The Morgan fingerprint density at radius 1 is 1.14 bits per heavy atom. The minimum atomic E-state index is 0.0558. The van der Waals surface area contributed by atoms with E-state index in [2.05, 4.69) is 15.5 Å². The molecule has 2 heterocycles. The number of amides is 2. The molecule has 1 saturated heterocycles. The van der Waals surface area contributed by atoms with E-state index in [-0.39, 0.29) is 11.8 Å². The average molecular weight is 417 g/mol. The first-order chi connectivity index (χ1) is 14.1. The first kappa shape index (κ1) is 19.7. The predicted molar refractivity (Wildman–Crippen MR) is 107 cm³/mol. The van der Waals surface area contributed by atoms with Gasteiger partial charge in [-0.2, -0.15) is 0 Å². The van der Waals surface area contributed by atoms with E-state index in [0.29, 0.717) is 49.6 Å². The number of methoxy groups -OCH3 is 1. The van der Waals surface area contributed by atoms with Gasteiger partial charge in [-0.15, -0.1) is 5.10 Å². The first-order valence-corrected chi connectivity index (χ1v) is 10.7. The van der Waals surface area contributed by atoms with Gasteiger partial charge in [0.05, 0.1) is 25.3 Å². The summed E-state index contributed by atoms with van der Waals surface area (Å²) in [5.74, 6) is 1.18. The van der Waals surface area contributed by atoms with Crippen molar-refractivity contribution in [3.05, 3.63) is 29.8 Å². The van der Waals surface area contributed by atoms with Gasteiger partial charge in [-0.1, -0.05) is 23.9 Å². The van der Waals surface area contributed by atoms with Crippen LogP contribution in [0.2, 0.25) is 0 Å². The lowest BCUT2D eigenvalue weighted by molar-refractivity contribution is -0.137. The number of nitrogens with zero attached hydrogens (tertiary/aromatic N) is 6. The minimum Gasteiger partial charge on any atom is -0.497 e. The summed E-state index contributed by atoms with van der Waals surface area (Å²) in [5, 5.41) is 12.4. The van der Waals surface area contributed by atoms with Gasteiger partial charge in [0.15, 0.2) is 0 Å². The fraction of sp³-hybridized carbons (Fsp3) is 0.526. The minimum absolute atomic E-state index is 0.0558. The van der Waals surface area contributed by atoms with E-state index in [4.69, 9.17) is 4.74 Å². The topological polar surface area (TPSA) is 93.4 Å². The molecule has 2 fully saturated rings. The zero-order chi connectivity index (χ0) is 20.2. The number of piperazine rings is 1. The molecule has 0 atom stereocenters. The maximum Gasteiger partial charge on any atom is 0.233 e.